The number of thiophene rings is 1. The first-order valence-corrected chi connectivity index (χ1v) is 9.37. The van der Waals surface area contributed by atoms with Crippen molar-refractivity contribution in [3.05, 3.63) is 52.2 Å². The van der Waals surface area contributed by atoms with Gasteiger partial charge in [-0.25, -0.2) is 0 Å². The number of amides is 1. The zero-order chi connectivity index (χ0) is 17.9. The monoisotopic (exact) mass is 369 g/mol. The maximum Gasteiger partial charge on any atom is 0.254 e. The summed E-state index contributed by atoms with van der Waals surface area (Å²) in [5.74, 6) is 0.668. The van der Waals surface area contributed by atoms with E-state index in [1.165, 1.54) is 11.2 Å². The Morgan fingerprint density at radius 3 is 2.96 bits per heavy atom. The summed E-state index contributed by atoms with van der Waals surface area (Å²) in [6.45, 7) is 0.405. The molecule has 0 saturated heterocycles. The van der Waals surface area contributed by atoms with E-state index in [2.05, 4.69) is 20.8 Å². The lowest BCUT2D eigenvalue weighted by Gasteiger charge is -2.14. The predicted octanol–water partition coefficient (Wildman–Crippen LogP) is 2.54. The molecule has 2 aromatic heterocycles. The fourth-order valence-corrected chi connectivity index (χ4v) is 4.62. The van der Waals surface area contributed by atoms with Crippen molar-refractivity contribution in [2.75, 3.05) is 7.11 Å². The molecule has 0 bridgehead atoms. The first kappa shape index (κ1) is 16.7. The van der Waals surface area contributed by atoms with E-state index in [0.717, 1.165) is 47.6 Å². The number of ether oxygens (including phenoxy) is 1. The van der Waals surface area contributed by atoms with Crippen molar-refractivity contribution >= 4 is 17.2 Å². The topological polar surface area (TPSA) is 81.9 Å². The van der Waals surface area contributed by atoms with Crippen LogP contribution in [-0.4, -0.2) is 33.2 Å². The highest BCUT2D eigenvalue weighted by Crippen LogP contribution is 2.36. The van der Waals surface area contributed by atoms with E-state index < -0.39 is 0 Å². The molecule has 0 saturated carbocycles. The third kappa shape index (κ3) is 3.08. The number of benzene rings is 1. The minimum atomic E-state index is -0.0965. The van der Waals surface area contributed by atoms with Gasteiger partial charge in [0.25, 0.3) is 5.91 Å². The summed E-state index contributed by atoms with van der Waals surface area (Å²) in [5.41, 5.74) is 2.78. The van der Waals surface area contributed by atoms with Crippen molar-refractivity contribution in [3.8, 4) is 10.8 Å². The number of aryl methyl sites for hydroxylation is 1. The first-order chi connectivity index (χ1) is 12.8. The number of hydrogen-bond donors (Lipinski definition) is 1. The van der Waals surface area contributed by atoms with Crippen LogP contribution in [0.4, 0.5) is 0 Å². The smallest absolute Gasteiger partial charge is 0.254 e. The van der Waals surface area contributed by atoms with E-state index in [0.29, 0.717) is 12.1 Å². The number of methoxy groups -OCH3 is 1. The molecule has 1 aromatic carbocycles. The summed E-state index contributed by atoms with van der Waals surface area (Å²) in [7, 11) is 1.63. The predicted molar refractivity (Wildman–Crippen MR) is 97.8 cm³/mol. The van der Waals surface area contributed by atoms with Crippen molar-refractivity contribution in [3.63, 3.8) is 0 Å². The minimum Gasteiger partial charge on any atom is -0.496 e. The molecule has 134 valence electrons. The van der Waals surface area contributed by atoms with Crippen molar-refractivity contribution in [2.24, 2.45) is 0 Å². The van der Waals surface area contributed by atoms with E-state index in [1.54, 1.807) is 23.1 Å². The highest BCUT2D eigenvalue weighted by molar-refractivity contribution is 7.15. The largest absolute Gasteiger partial charge is 0.496 e. The molecule has 8 heteroatoms. The highest BCUT2D eigenvalue weighted by atomic mass is 32.1. The number of aromatic nitrogens is 4. The van der Waals surface area contributed by atoms with E-state index in [9.17, 15) is 4.79 Å². The molecule has 26 heavy (non-hydrogen) atoms. The maximum atomic E-state index is 13.0. The zero-order valence-electron chi connectivity index (χ0n) is 14.4. The Labute approximate surface area is 155 Å². The van der Waals surface area contributed by atoms with Gasteiger partial charge < -0.3 is 10.1 Å². The SMILES string of the molecule is COc1ccccc1CNC(=O)c1c(-n2cnnn2)sc2c1CCCC2. The van der Waals surface area contributed by atoms with Gasteiger partial charge in [-0.1, -0.05) is 18.2 Å². The molecule has 0 aliphatic heterocycles. The van der Waals surface area contributed by atoms with Gasteiger partial charge in [0, 0.05) is 17.0 Å². The second-order valence-electron chi connectivity index (χ2n) is 6.14. The normalized spacial score (nSPS) is 13.3. The molecule has 1 aliphatic carbocycles. The fraction of sp³-hybridized carbons (Fsp3) is 0.333. The minimum absolute atomic E-state index is 0.0965. The van der Waals surface area contributed by atoms with Crippen LogP contribution >= 0.6 is 11.3 Å². The summed E-state index contributed by atoms with van der Waals surface area (Å²) < 4.78 is 6.95. The number of para-hydroxylation sites is 1. The van der Waals surface area contributed by atoms with Crippen LogP contribution in [0.1, 0.15) is 39.2 Å². The Morgan fingerprint density at radius 1 is 1.31 bits per heavy atom. The van der Waals surface area contributed by atoms with Gasteiger partial charge in [0.1, 0.15) is 17.1 Å². The number of carbonyl (C=O) groups excluding carboxylic acids is 1. The van der Waals surface area contributed by atoms with Crippen molar-refractivity contribution < 1.29 is 9.53 Å². The van der Waals surface area contributed by atoms with Gasteiger partial charge in [0.2, 0.25) is 0 Å². The maximum absolute atomic E-state index is 13.0. The number of nitrogens with one attached hydrogen (secondary N) is 1. The van der Waals surface area contributed by atoms with Crippen molar-refractivity contribution in [1.82, 2.24) is 25.5 Å². The highest BCUT2D eigenvalue weighted by Gasteiger charge is 2.26. The molecule has 2 heterocycles. The number of rotatable bonds is 5. The van der Waals surface area contributed by atoms with Crippen LogP contribution in [0.15, 0.2) is 30.6 Å². The first-order valence-electron chi connectivity index (χ1n) is 8.56. The Bertz CT molecular complexity index is 920. The molecular formula is C18H19N5O2S. The standard InChI is InChI=1S/C18H19N5O2S/c1-25-14-8-4-2-6-12(14)10-19-17(24)16-13-7-3-5-9-15(13)26-18(16)23-11-20-21-22-23/h2,4,6,8,11H,3,5,7,9-10H2,1H3,(H,19,24). The molecule has 0 spiro atoms. The lowest BCUT2D eigenvalue weighted by Crippen LogP contribution is -2.25. The number of hydrogen-bond acceptors (Lipinski definition) is 6. The Hall–Kier alpha value is -2.74. The van der Waals surface area contributed by atoms with E-state index >= 15 is 0 Å². The van der Waals surface area contributed by atoms with Gasteiger partial charge in [0.15, 0.2) is 0 Å². The lowest BCUT2D eigenvalue weighted by molar-refractivity contribution is 0.0950. The molecular weight excluding hydrogens is 350 g/mol. The van der Waals surface area contributed by atoms with Gasteiger partial charge in [-0.15, -0.1) is 16.4 Å². The Kier molecular flexibility index (Phi) is 4.66. The van der Waals surface area contributed by atoms with Gasteiger partial charge in [0.05, 0.1) is 12.7 Å². The molecule has 0 unspecified atom stereocenters. The third-order valence-electron chi connectivity index (χ3n) is 4.57. The summed E-state index contributed by atoms with van der Waals surface area (Å²) in [4.78, 5) is 14.3. The summed E-state index contributed by atoms with van der Waals surface area (Å²) in [6, 6.07) is 7.68. The number of carbonyl (C=O) groups is 1. The molecule has 1 amide bonds. The zero-order valence-corrected chi connectivity index (χ0v) is 15.3. The molecule has 7 nitrogen and oxygen atoms in total. The fourth-order valence-electron chi connectivity index (χ4n) is 3.31. The Morgan fingerprint density at radius 2 is 2.15 bits per heavy atom. The van der Waals surface area contributed by atoms with Crippen LogP contribution in [-0.2, 0) is 19.4 Å². The summed E-state index contributed by atoms with van der Waals surface area (Å²) in [5, 5.41) is 15.2. The molecule has 0 atom stereocenters. The van der Waals surface area contributed by atoms with Crippen LogP contribution < -0.4 is 10.1 Å². The molecule has 1 N–H and O–H groups in total. The van der Waals surface area contributed by atoms with E-state index in [-0.39, 0.29) is 5.91 Å². The van der Waals surface area contributed by atoms with Gasteiger partial charge in [-0.2, -0.15) is 4.68 Å². The number of nitrogens with zero attached hydrogens (tertiary/aromatic N) is 4. The lowest BCUT2D eigenvalue weighted by atomic mass is 9.95. The van der Waals surface area contributed by atoms with Crippen molar-refractivity contribution in [1.29, 1.82) is 0 Å². The van der Waals surface area contributed by atoms with Crippen LogP contribution in [0.5, 0.6) is 5.75 Å². The van der Waals surface area contributed by atoms with E-state index in [4.69, 9.17) is 4.74 Å². The molecule has 1 aliphatic rings. The molecule has 4 rings (SSSR count). The van der Waals surface area contributed by atoms with Gasteiger partial charge >= 0.3 is 0 Å². The van der Waals surface area contributed by atoms with Crippen LogP contribution in [0.3, 0.4) is 0 Å². The average Bonchev–Trinajstić information content (AvgIpc) is 3.33. The summed E-state index contributed by atoms with van der Waals surface area (Å²) >= 11 is 1.61. The average molecular weight is 369 g/mol. The van der Waals surface area contributed by atoms with Crippen LogP contribution in [0.2, 0.25) is 0 Å². The summed E-state index contributed by atoms with van der Waals surface area (Å²) in [6.07, 6.45) is 5.73. The number of tetrazole rings is 1. The molecule has 0 radical (unpaired) electrons. The quantitative estimate of drug-likeness (QED) is 0.747. The van der Waals surface area contributed by atoms with Crippen LogP contribution in [0, 0.1) is 0 Å². The Balaban J connectivity index is 1.64. The number of fused-ring (bicyclic) bond motifs is 1. The second-order valence-corrected chi connectivity index (χ2v) is 7.22. The third-order valence-corrected chi connectivity index (χ3v) is 5.85. The van der Waals surface area contributed by atoms with Gasteiger partial charge in [-0.3, -0.25) is 4.79 Å². The van der Waals surface area contributed by atoms with Crippen molar-refractivity contribution in [2.45, 2.75) is 32.2 Å². The molecule has 0 fully saturated rings. The van der Waals surface area contributed by atoms with E-state index in [1.807, 2.05) is 24.3 Å². The van der Waals surface area contributed by atoms with Gasteiger partial charge in [-0.05, 0) is 47.7 Å². The molecule has 3 aromatic rings. The second kappa shape index (κ2) is 7.25. The van der Waals surface area contributed by atoms with Crippen LogP contribution in [0.25, 0.3) is 5.00 Å².